The minimum atomic E-state index is -3.16. The van der Waals surface area contributed by atoms with Gasteiger partial charge < -0.3 is 5.73 Å². The van der Waals surface area contributed by atoms with Crippen molar-refractivity contribution in [1.82, 2.24) is 9.78 Å². The van der Waals surface area contributed by atoms with Gasteiger partial charge in [0.2, 0.25) is 0 Å². The molecule has 1 aromatic rings. The SMILES string of the molecule is CS(=O)(=O)c1cnn(CCCC(N)=S)c1. The van der Waals surface area contributed by atoms with Gasteiger partial charge in [0.25, 0.3) is 0 Å². The van der Waals surface area contributed by atoms with Crippen molar-refractivity contribution in [2.45, 2.75) is 24.3 Å². The molecule has 0 aliphatic rings. The molecule has 1 aromatic heterocycles. The molecule has 1 heterocycles. The molecule has 2 N–H and O–H groups in total. The monoisotopic (exact) mass is 247 g/mol. The second kappa shape index (κ2) is 4.71. The molecule has 84 valence electrons. The lowest BCUT2D eigenvalue weighted by Gasteiger charge is -1.99. The molecule has 7 heteroatoms. The number of rotatable bonds is 5. The number of thiocarbonyl (C=S) groups is 1. The van der Waals surface area contributed by atoms with E-state index >= 15 is 0 Å². The average Bonchev–Trinajstić information content (AvgIpc) is 2.51. The van der Waals surface area contributed by atoms with Gasteiger partial charge in [-0.2, -0.15) is 5.10 Å². The third-order valence-electron chi connectivity index (χ3n) is 1.85. The minimum absolute atomic E-state index is 0.234. The van der Waals surface area contributed by atoms with Gasteiger partial charge in [0.1, 0.15) is 4.90 Å². The highest BCUT2D eigenvalue weighted by Crippen LogP contribution is 2.06. The van der Waals surface area contributed by atoms with Gasteiger partial charge in [0.15, 0.2) is 9.84 Å². The predicted molar refractivity (Wildman–Crippen MR) is 61.4 cm³/mol. The number of aryl methyl sites for hydroxylation is 1. The van der Waals surface area contributed by atoms with Crippen LogP contribution >= 0.6 is 12.2 Å². The first-order valence-electron chi connectivity index (χ1n) is 4.40. The number of hydrogen-bond acceptors (Lipinski definition) is 4. The predicted octanol–water partition coefficient (Wildman–Crippen LogP) is 0.353. The standard InChI is InChI=1S/C8H13N3O2S2/c1-15(12,13)7-5-10-11(6-7)4-2-3-8(9)14/h5-6H,2-4H2,1H3,(H2,9,14). The zero-order valence-corrected chi connectivity index (χ0v) is 10.0. The number of aromatic nitrogens is 2. The molecule has 1 rings (SSSR count). The molecule has 0 saturated heterocycles. The van der Waals surface area contributed by atoms with Gasteiger partial charge in [-0.3, -0.25) is 4.68 Å². The Morgan fingerprint density at radius 3 is 2.80 bits per heavy atom. The van der Waals surface area contributed by atoms with Crippen LogP contribution in [0.4, 0.5) is 0 Å². The first-order valence-corrected chi connectivity index (χ1v) is 6.70. The van der Waals surface area contributed by atoms with E-state index in [9.17, 15) is 8.42 Å². The molecule has 5 nitrogen and oxygen atoms in total. The Hall–Kier alpha value is -0.950. The van der Waals surface area contributed by atoms with E-state index in [0.29, 0.717) is 18.0 Å². The largest absolute Gasteiger partial charge is 0.393 e. The number of nitrogens with zero attached hydrogens (tertiary/aromatic N) is 2. The van der Waals surface area contributed by atoms with Crippen LogP contribution in [-0.2, 0) is 16.4 Å². The Morgan fingerprint density at radius 1 is 1.67 bits per heavy atom. The maximum Gasteiger partial charge on any atom is 0.178 e. The lowest BCUT2D eigenvalue weighted by Crippen LogP contribution is -2.09. The summed E-state index contributed by atoms with van der Waals surface area (Å²) in [5.74, 6) is 0. The summed E-state index contributed by atoms with van der Waals surface area (Å²) < 4.78 is 23.8. The van der Waals surface area contributed by atoms with Gasteiger partial charge in [0, 0.05) is 19.0 Å². The number of hydrogen-bond donors (Lipinski definition) is 1. The molecule has 0 aromatic carbocycles. The highest BCUT2D eigenvalue weighted by atomic mass is 32.2. The highest BCUT2D eigenvalue weighted by Gasteiger charge is 2.09. The lowest BCUT2D eigenvalue weighted by atomic mass is 10.3. The number of sulfone groups is 1. The first kappa shape index (κ1) is 12.1. The lowest BCUT2D eigenvalue weighted by molar-refractivity contribution is 0.586. The molecule has 0 spiro atoms. The fraction of sp³-hybridized carbons (Fsp3) is 0.500. The van der Waals surface area contributed by atoms with Crippen LogP contribution in [0.3, 0.4) is 0 Å². The molecule has 0 unspecified atom stereocenters. The van der Waals surface area contributed by atoms with E-state index in [0.717, 1.165) is 12.7 Å². The fourth-order valence-corrected chi connectivity index (χ4v) is 1.77. The van der Waals surface area contributed by atoms with Crippen molar-refractivity contribution in [2.75, 3.05) is 6.26 Å². The van der Waals surface area contributed by atoms with Crippen molar-refractivity contribution in [3.8, 4) is 0 Å². The Labute approximate surface area is 94.2 Å². The van der Waals surface area contributed by atoms with Crippen molar-refractivity contribution < 1.29 is 8.42 Å². The second-order valence-corrected chi connectivity index (χ2v) is 5.82. The average molecular weight is 247 g/mol. The van der Waals surface area contributed by atoms with Gasteiger partial charge in [0.05, 0.1) is 11.2 Å². The van der Waals surface area contributed by atoms with Crippen LogP contribution < -0.4 is 5.73 Å². The Kier molecular flexibility index (Phi) is 3.81. The molecule has 0 amide bonds. The maximum atomic E-state index is 11.1. The molecule has 0 aliphatic carbocycles. The summed E-state index contributed by atoms with van der Waals surface area (Å²) in [5.41, 5.74) is 5.34. The third-order valence-corrected chi connectivity index (χ3v) is 3.12. The van der Waals surface area contributed by atoms with Crippen molar-refractivity contribution in [3.05, 3.63) is 12.4 Å². The van der Waals surface area contributed by atoms with Crippen molar-refractivity contribution in [3.63, 3.8) is 0 Å². The van der Waals surface area contributed by atoms with Gasteiger partial charge in [-0.15, -0.1) is 0 Å². The van der Waals surface area contributed by atoms with Gasteiger partial charge >= 0.3 is 0 Å². The topological polar surface area (TPSA) is 78.0 Å². The molecule has 0 radical (unpaired) electrons. The quantitative estimate of drug-likeness (QED) is 0.760. The molecular formula is C8H13N3O2S2. The summed E-state index contributed by atoms with van der Waals surface area (Å²) >= 11 is 4.73. The van der Waals surface area contributed by atoms with E-state index < -0.39 is 9.84 Å². The smallest absolute Gasteiger partial charge is 0.178 e. The summed E-state index contributed by atoms with van der Waals surface area (Å²) in [4.78, 5) is 0.698. The molecule has 15 heavy (non-hydrogen) atoms. The maximum absolute atomic E-state index is 11.1. The molecule has 0 saturated carbocycles. The van der Waals surface area contributed by atoms with E-state index in [2.05, 4.69) is 5.10 Å². The molecule has 0 bridgehead atoms. The number of nitrogens with two attached hydrogens (primary N) is 1. The summed E-state index contributed by atoms with van der Waals surface area (Å²) in [5, 5.41) is 3.93. The van der Waals surface area contributed by atoms with Crippen LogP contribution in [-0.4, -0.2) is 29.4 Å². The zero-order valence-electron chi connectivity index (χ0n) is 8.38. The molecule has 0 atom stereocenters. The second-order valence-electron chi connectivity index (χ2n) is 3.28. The summed E-state index contributed by atoms with van der Waals surface area (Å²) in [6.45, 7) is 0.618. The van der Waals surface area contributed by atoms with E-state index in [1.807, 2.05) is 0 Å². The first-order chi connectivity index (χ1) is 6.89. The van der Waals surface area contributed by atoms with E-state index in [1.54, 1.807) is 4.68 Å². The van der Waals surface area contributed by atoms with Crippen LogP contribution in [0.1, 0.15) is 12.8 Å². The van der Waals surface area contributed by atoms with Crippen LogP contribution in [0.25, 0.3) is 0 Å². The molecule has 0 fully saturated rings. The van der Waals surface area contributed by atoms with Crippen LogP contribution in [0.2, 0.25) is 0 Å². The van der Waals surface area contributed by atoms with E-state index in [1.165, 1.54) is 12.4 Å². The Balaban J connectivity index is 2.58. The highest BCUT2D eigenvalue weighted by molar-refractivity contribution is 7.90. The van der Waals surface area contributed by atoms with Gasteiger partial charge in [-0.1, -0.05) is 12.2 Å². The summed E-state index contributed by atoms with van der Waals surface area (Å²) in [6, 6.07) is 0. The zero-order chi connectivity index (χ0) is 11.5. The Morgan fingerprint density at radius 2 is 2.33 bits per heavy atom. The van der Waals surface area contributed by atoms with Crippen molar-refractivity contribution in [2.24, 2.45) is 5.73 Å². The Bertz CT molecular complexity index is 450. The summed E-state index contributed by atoms with van der Waals surface area (Å²) in [7, 11) is -3.16. The van der Waals surface area contributed by atoms with E-state index in [-0.39, 0.29) is 4.90 Å². The summed E-state index contributed by atoms with van der Waals surface area (Å²) in [6.07, 6.45) is 5.41. The van der Waals surface area contributed by atoms with Crippen LogP contribution in [0.5, 0.6) is 0 Å². The molecule has 0 aliphatic heterocycles. The van der Waals surface area contributed by atoms with Crippen molar-refractivity contribution >= 4 is 27.0 Å². The van der Waals surface area contributed by atoms with Crippen LogP contribution in [0, 0.1) is 0 Å². The fourth-order valence-electron chi connectivity index (χ4n) is 1.07. The molecular weight excluding hydrogens is 234 g/mol. The van der Waals surface area contributed by atoms with Crippen LogP contribution in [0.15, 0.2) is 17.3 Å². The van der Waals surface area contributed by atoms with Gasteiger partial charge in [-0.25, -0.2) is 8.42 Å². The third kappa shape index (κ3) is 3.96. The minimum Gasteiger partial charge on any atom is -0.393 e. The van der Waals surface area contributed by atoms with E-state index in [4.69, 9.17) is 18.0 Å². The van der Waals surface area contributed by atoms with Gasteiger partial charge in [-0.05, 0) is 12.8 Å². The van der Waals surface area contributed by atoms with Crippen molar-refractivity contribution in [1.29, 1.82) is 0 Å². The normalized spacial score (nSPS) is 11.5.